The molecule has 1 aromatic carbocycles. The average molecular weight is 290 g/mol. The number of aromatic nitrogens is 2. The van der Waals surface area contributed by atoms with Crippen LogP contribution < -0.4 is 5.32 Å². The highest BCUT2D eigenvalue weighted by atomic mass is 35.5. The molecular weight excluding hydrogens is 274 g/mol. The molecule has 1 saturated carbocycles. The van der Waals surface area contributed by atoms with Crippen molar-refractivity contribution < 1.29 is 4.79 Å². The molecule has 1 N–H and O–H groups in total. The molecule has 4 nitrogen and oxygen atoms in total. The highest BCUT2D eigenvalue weighted by molar-refractivity contribution is 6.30. The fourth-order valence-corrected chi connectivity index (χ4v) is 2.48. The highest BCUT2D eigenvalue weighted by Gasteiger charge is 2.25. The number of hydrogen-bond acceptors (Lipinski definition) is 2. The summed E-state index contributed by atoms with van der Waals surface area (Å²) >= 11 is 5.98. The predicted molar refractivity (Wildman–Crippen MR) is 78.8 cm³/mol. The number of carbonyl (C=O) groups is 1. The number of rotatable bonds is 4. The zero-order valence-electron chi connectivity index (χ0n) is 11.1. The topological polar surface area (TPSA) is 46.9 Å². The summed E-state index contributed by atoms with van der Waals surface area (Å²) in [4.78, 5) is 12.0. The Bertz CT molecular complexity index is 619. The Morgan fingerprint density at radius 3 is 2.95 bits per heavy atom. The summed E-state index contributed by atoms with van der Waals surface area (Å²) in [6.07, 6.45) is 4.84. The zero-order chi connectivity index (χ0) is 13.9. The second-order valence-corrected chi connectivity index (χ2v) is 5.56. The van der Waals surface area contributed by atoms with Gasteiger partial charge in [0, 0.05) is 17.0 Å². The van der Waals surface area contributed by atoms with Crippen molar-refractivity contribution >= 4 is 23.3 Å². The molecule has 2 aromatic rings. The number of nitrogens with one attached hydrogen (secondary N) is 1. The Morgan fingerprint density at radius 2 is 2.25 bits per heavy atom. The Morgan fingerprint density at radius 1 is 1.40 bits per heavy atom. The highest BCUT2D eigenvalue weighted by Crippen LogP contribution is 2.27. The molecule has 0 unspecified atom stereocenters. The van der Waals surface area contributed by atoms with Crippen molar-refractivity contribution in [2.75, 3.05) is 5.32 Å². The van der Waals surface area contributed by atoms with Crippen LogP contribution in [0.2, 0.25) is 5.02 Å². The number of anilines is 1. The monoisotopic (exact) mass is 289 g/mol. The van der Waals surface area contributed by atoms with Gasteiger partial charge in [-0.2, -0.15) is 5.10 Å². The molecule has 1 fully saturated rings. The lowest BCUT2D eigenvalue weighted by Crippen LogP contribution is -2.29. The summed E-state index contributed by atoms with van der Waals surface area (Å²) < 4.78 is 1.78. The van der Waals surface area contributed by atoms with Crippen LogP contribution in [0.4, 0.5) is 5.82 Å². The lowest BCUT2D eigenvalue weighted by molar-refractivity contribution is -0.122. The Kier molecular flexibility index (Phi) is 3.74. The standard InChI is InChI=1S/C15H16ClN3O/c16-13-6-1-3-11(9-13)10-19-14(7-8-17-19)18-15(20)12-4-2-5-12/h1,3,6-9,12H,2,4-5,10H2,(H,18,20). The number of carbonyl (C=O) groups excluding carboxylic acids is 1. The van der Waals surface area contributed by atoms with Gasteiger partial charge in [-0.05, 0) is 30.5 Å². The molecule has 3 rings (SSSR count). The van der Waals surface area contributed by atoms with Gasteiger partial charge in [0.1, 0.15) is 5.82 Å². The SMILES string of the molecule is O=C(Nc1ccnn1Cc1cccc(Cl)c1)C1CCC1. The van der Waals surface area contributed by atoms with E-state index in [4.69, 9.17) is 11.6 Å². The maximum Gasteiger partial charge on any atom is 0.228 e. The van der Waals surface area contributed by atoms with Crippen LogP contribution >= 0.6 is 11.6 Å². The molecule has 0 spiro atoms. The summed E-state index contributed by atoms with van der Waals surface area (Å²) in [6.45, 7) is 0.591. The van der Waals surface area contributed by atoms with Gasteiger partial charge >= 0.3 is 0 Å². The number of amides is 1. The molecule has 104 valence electrons. The van der Waals surface area contributed by atoms with E-state index in [0.717, 1.165) is 30.6 Å². The number of hydrogen-bond donors (Lipinski definition) is 1. The van der Waals surface area contributed by atoms with Crippen molar-refractivity contribution in [1.82, 2.24) is 9.78 Å². The maximum atomic E-state index is 12.0. The van der Waals surface area contributed by atoms with Crippen LogP contribution in [0, 0.1) is 5.92 Å². The third-order valence-corrected chi connectivity index (χ3v) is 3.90. The minimum atomic E-state index is 0.101. The second kappa shape index (κ2) is 5.67. The van der Waals surface area contributed by atoms with Gasteiger partial charge in [-0.15, -0.1) is 0 Å². The van der Waals surface area contributed by atoms with E-state index in [1.807, 2.05) is 30.3 Å². The van der Waals surface area contributed by atoms with Gasteiger partial charge in [0.15, 0.2) is 0 Å². The van der Waals surface area contributed by atoms with Crippen molar-refractivity contribution in [3.05, 3.63) is 47.1 Å². The quantitative estimate of drug-likeness (QED) is 0.938. The molecule has 20 heavy (non-hydrogen) atoms. The van der Waals surface area contributed by atoms with Crippen molar-refractivity contribution in [3.8, 4) is 0 Å². The van der Waals surface area contributed by atoms with Gasteiger partial charge < -0.3 is 5.32 Å². The average Bonchev–Trinajstić information content (AvgIpc) is 2.74. The van der Waals surface area contributed by atoms with Gasteiger partial charge in [-0.3, -0.25) is 4.79 Å². The van der Waals surface area contributed by atoms with Crippen LogP contribution in [0.3, 0.4) is 0 Å². The lowest BCUT2D eigenvalue weighted by Gasteiger charge is -2.24. The molecule has 1 aliphatic carbocycles. The summed E-state index contributed by atoms with van der Waals surface area (Å²) in [6, 6.07) is 9.47. The molecule has 1 aromatic heterocycles. The van der Waals surface area contributed by atoms with Gasteiger partial charge in [-0.25, -0.2) is 4.68 Å². The normalized spacial score (nSPS) is 14.8. The summed E-state index contributed by atoms with van der Waals surface area (Å²) in [5, 5.41) is 7.92. The van der Waals surface area contributed by atoms with Crippen molar-refractivity contribution in [3.63, 3.8) is 0 Å². The lowest BCUT2D eigenvalue weighted by atomic mass is 9.85. The molecule has 0 saturated heterocycles. The van der Waals surface area contributed by atoms with Gasteiger partial charge in [0.25, 0.3) is 0 Å². The minimum absolute atomic E-state index is 0.101. The minimum Gasteiger partial charge on any atom is -0.311 e. The van der Waals surface area contributed by atoms with Gasteiger partial charge in [-0.1, -0.05) is 30.2 Å². The van der Waals surface area contributed by atoms with Gasteiger partial charge in [0.2, 0.25) is 5.91 Å². The molecule has 0 atom stereocenters. The van der Waals surface area contributed by atoms with E-state index in [1.54, 1.807) is 10.9 Å². The number of benzene rings is 1. The van der Waals surface area contributed by atoms with Crippen molar-refractivity contribution in [2.24, 2.45) is 5.92 Å². The third kappa shape index (κ3) is 2.85. The third-order valence-electron chi connectivity index (χ3n) is 3.67. The molecule has 1 heterocycles. The Hall–Kier alpha value is -1.81. The van der Waals surface area contributed by atoms with Crippen LogP contribution in [-0.4, -0.2) is 15.7 Å². The van der Waals surface area contributed by atoms with E-state index in [-0.39, 0.29) is 11.8 Å². The van der Waals surface area contributed by atoms with E-state index < -0.39 is 0 Å². The molecule has 1 amide bonds. The molecular formula is C15H16ClN3O. The number of nitrogens with zero attached hydrogens (tertiary/aromatic N) is 2. The molecule has 1 aliphatic rings. The second-order valence-electron chi connectivity index (χ2n) is 5.12. The fourth-order valence-electron chi connectivity index (χ4n) is 2.27. The maximum absolute atomic E-state index is 12.0. The summed E-state index contributed by atoms with van der Waals surface area (Å²) in [5.74, 6) is 1.01. The Balaban J connectivity index is 1.71. The first kappa shape index (κ1) is 13.2. The van der Waals surface area contributed by atoms with Crippen molar-refractivity contribution in [1.29, 1.82) is 0 Å². The van der Waals surface area contributed by atoms with Crippen LogP contribution in [0.1, 0.15) is 24.8 Å². The molecule has 5 heteroatoms. The zero-order valence-corrected chi connectivity index (χ0v) is 11.8. The van der Waals surface area contributed by atoms with E-state index in [1.165, 1.54) is 0 Å². The van der Waals surface area contributed by atoms with Crippen LogP contribution in [0.5, 0.6) is 0 Å². The van der Waals surface area contributed by atoms with E-state index in [9.17, 15) is 4.79 Å². The summed E-state index contributed by atoms with van der Waals surface area (Å²) in [7, 11) is 0. The Labute approximate surface area is 122 Å². The van der Waals surface area contributed by atoms with E-state index in [0.29, 0.717) is 11.6 Å². The smallest absolute Gasteiger partial charge is 0.228 e. The first-order valence-electron chi connectivity index (χ1n) is 6.79. The van der Waals surface area contributed by atoms with Crippen LogP contribution in [-0.2, 0) is 11.3 Å². The summed E-state index contributed by atoms with van der Waals surface area (Å²) in [5.41, 5.74) is 1.06. The fraction of sp³-hybridized carbons (Fsp3) is 0.333. The van der Waals surface area contributed by atoms with Crippen LogP contribution in [0.25, 0.3) is 0 Å². The predicted octanol–water partition coefficient (Wildman–Crippen LogP) is 3.32. The van der Waals surface area contributed by atoms with Crippen molar-refractivity contribution in [2.45, 2.75) is 25.8 Å². The molecule has 0 radical (unpaired) electrons. The van der Waals surface area contributed by atoms with E-state index >= 15 is 0 Å². The van der Waals surface area contributed by atoms with E-state index in [2.05, 4.69) is 10.4 Å². The first-order chi connectivity index (χ1) is 9.72. The van der Waals surface area contributed by atoms with Crippen LogP contribution in [0.15, 0.2) is 36.5 Å². The molecule has 0 bridgehead atoms. The van der Waals surface area contributed by atoms with Gasteiger partial charge in [0.05, 0.1) is 12.7 Å². The largest absolute Gasteiger partial charge is 0.311 e. The number of halogens is 1. The molecule has 0 aliphatic heterocycles. The first-order valence-corrected chi connectivity index (χ1v) is 7.17.